The molecular formula is C24H24N4O4. The number of ether oxygens (including phenoxy) is 2. The van der Waals surface area contributed by atoms with E-state index in [1.54, 1.807) is 0 Å². The average molecular weight is 432 g/mol. The third kappa shape index (κ3) is 2.52. The SMILES string of the molecule is O=C1c2cc3ccc2C(=O)c2c1cc1c(c2NC1N1CCOCC1)NC3N1CCOCC1. The van der Waals surface area contributed by atoms with Crippen LogP contribution in [-0.2, 0) is 9.47 Å². The number of fused-ring (bicyclic) bond motifs is 1. The fraction of sp³-hybridized carbons (Fsp3) is 0.417. The minimum Gasteiger partial charge on any atom is -0.379 e. The standard InChI is InChI=1S/C24H24N4O4/c29-21-15-11-13-1-2-14(15)22(30)18-16(21)12-17-19(25-23(13)27-3-7-31-8-4-27)20(18)26-24(17)28-5-9-32-10-6-28/h1-2,11-12,23-26H,3-10H2. The molecule has 2 atom stereocenters. The molecule has 2 aromatic rings. The van der Waals surface area contributed by atoms with E-state index in [4.69, 9.17) is 9.47 Å². The van der Waals surface area contributed by atoms with Gasteiger partial charge in [0.2, 0.25) is 0 Å². The highest BCUT2D eigenvalue weighted by molar-refractivity contribution is 6.31. The van der Waals surface area contributed by atoms with Crippen molar-refractivity contribution in [3.63, 3.8) is 0 Å². The lowest BCUT2D eigenvalue weighted by atomic mass is 9.80. The number of nitrogens with one attached hydrogen (secondary N) is 2. The fourth-order valence-electron chi connectivity index (χ4n) is 5.73. The van der Waals surface area contributed by atoms with E-state index in [0.29, 0.717) is 48.7 Å². The smallest absolute Gasteiger partial charge is 0.196 e. The molecule has 10 rings (SSSR count). The van der Waals surface area contributed by atoms with E-state index in [-0.39, 0.29) is 23.9 Å². The molecule has 164 valence electrons. The molecule has 8 bridgehead atoms. The van der Waals surface area contributed by atoms with Crippen molar-refractivity contribution in [1.29, 1.82) is 0 Å². The molecule has 7 heterocycles. The van der Waals surface area contributed by atoms with Crippen LogP contribution in [0.3, 0.4) is 0 Å². The molecule has 32 heavy (non-hydrogen) atoms. The van der Waals surface area contributed by atoms with Gasteiger partial charge in [0.25, 0.3) is 0 Å². The van der Waals surface area contributed by atoms with Crippen LogP contribution in [0.5, 0.6) is 0 Å². The van der Waals surface area contributed by atoms with E-state index in [9.17, 15) is 9.59 Å². The van der Waals surface area contributed by atoms with Gasteiger partial charge in [-0.05, 0) is 23.8 Å². The molecule has 8 heteroatoms. The van der Waals surface area contributed by atoms with Gasteiger partial charge in [0.1, 0.15) is 12.3 Å². The Bertz CT molecular complexity index is 1170. The van der Waals surface area contributed by atoms with Gasteiger partial charge in [-0.3, -0.25) is 19.4 Å². The number of carbonyl (C=O) groups excluding carboxylic acids is 2. The second-order valence-electron chi connectivity index (χ2n) is 8.99. The Hall–Kier alpha value is -2.78. The molecule has 2 fully saturated rings. The molecule has 2 N–H and O–H groups in total. The highest BCUT2D eigenvalue weighted by Gasteiger charge is 2.43. The minimum atomic E-state index is -0.104. The molecular weight excluding hydrogens is 408 g/mol. The maximum absolute atomic E-state index is 13.6. The summed E-state index contributed by atoms with van der Waals surface area (Å²) >= 11 is 0. The summed E-state index contributed by atoms with van der Waals surface area (Å²) in [6, 6.07) is 7.66. The Labute approximate surface area is 185 Å². The summed E-state index contributed by atoms with van der Waals surface area (Å²) in [6.45, 7) is 5.93. The van der Waals surface area contributed by atoms with Crippen molar-refractivity contribution in [1.82, 2.24) is 9.80 Å². The molecule has 1 aliphatic carbocycles. The van der Waals surface area contributed by atoms with E-state index in [1.165, 1.54) is 0 Å². The zero-order chi connectivity index (χ0) is 21.4. The number of rotatable bonds is 2. The van der Waals surface area contributed by atoms with Gasteiger partial charge in [-0.2, -0.15) is 0 Å². The van der Waals surface area contributed by atoms with Crippen LogP contribution in [0.2, 0.25) is 0 Å². The number of hydrogen-bond donors (Lipinski definition) is 2. The molecule has 0 aromatic heterocycles. The monoisotopic (exact) mass is 432 g/mol. The van der Waals surface area contributed by atoms with Crippen LogP contribution in [0.15, 0.2) is 24.3 Å². The lowest BCUT2D eigenvalue weighted by molar-refractivity contribution is 0.0211. The second-order valence-corrected chi connectivity index (χ2v) is 8.99. The Morgan fingerprint density at radius 1 is 0.719 bits per heavy atom. The predicted molar refractivity (Wildman–Crippen MR) is 117 cm³/mol. The van der Waals surface area contributed by atoms with Crippen LogP contribution in [0.4, 0.5) is 11.4 Å². The molecule has 2 aromatic carbocycles. The maximum Gasteiger partial charge on any atom is 0.196 e. The van der Waals surface area contributed by atoms with Crippen LogP contribution in [0, 0.1) is 0 Å². The van der Waals surface area contributed by atoms with Crippen molar-refractivity contribution >= 4 is 22.9 Å². The quantitative estimate of drug-likeness (QED) is 0.636. The molecule has 2 saturated heterocycles. The number of anilines is 2. The van der Waals surface area contributed by atoms with E-state index in [0.717, 1.165) is 48.7 Å². The summed E-state index contributed by atoms with van der Waals surface area (Å²) < 4.78 is 11.1. The molecule has 8 aliphatic rings. The summed E-state index contributed by atoms with van der Waals surface area (Å²) in [7, 11) is 0. The van der Waals surface area contributed by atoms with Crippen molar-refractivity contribution in [3.8, 4) is 0 Å². The summed E-state index contributed by atoms with van der Waals surface area (Å²) in [5.41, 5.74) is 5.76. The average Bonchev–Trinajstić information content (AvgIpc) is 3.08. The normalized spacial score (nSPS) is 26.5. The van der Waals surface area contributed by atoms with Gasteiger partial charge in [-0.1, -0.05) is 6.07 Å². The number of benzene rings is 2. The van der Waals surface area contributed by atoms with E-state index >= 15 is 0 Å². The molecule has 2 unspecified atom stereocenters. The second kappa shape index (κ2) is 6.86. The van der Waals surface area contributed by atoms with Gasteiger partial charge >= 0.3 is 0 Å². The molecule has 0 radical (unpaired) electrons. The van der Waals surface area contributed by atoms with Gasteiger partial charge in [0.05, 0.1) is 43.4 Å². The number of morpholine rings is 2. The Morgan fingerprint density at radius 2 is 1.38 bits per heavy atom. The first-order valence-corrected chi connectivity index (χ1v) is 11.3. The summed E-state index contributed by atoms with van der Waals surface area (Å²) in [5.74, 6) is -0.136. The van der Waals surface area contributed by atoms with Crippen molar-refractivity contribution < 1.29 is 19.1 Å². The molecule has 7 aliphatic heterocycles. The van der Waals surface area contributed by atoms with Crippen LogP contribution in [0.25, 0.3) is 0 Å². The Balaban J connectivity index is 1.44. The van der Waals surface area contributed by atoms with Gasteiger partial charge in [0.15, 0.2) is 11.6 Å². The van der Waals surface area contributed by atoms with E-state index in [1.807, 2.05) is 24.3 Å². The summed E-state index contributed by atoms with van der Waals surface area (Å²) in [4.78, 5) is 31.8. The van der Waals surface area contributed by atoms with Gasteiger partial charge < -0.3 is 20.1 Å². The van der Waals surface area contributed by atoms with Gasteiger partial charge in [0, 0.05) is 48.4 Å². The maximum atomic E-state index is 13.6. The Kier molecular flexibility index (Phi) is 4.02. The van der Waals surface area contributed by atoms with Crippen molar-refractivity contribution in [2.45, 2.75) is 12.3 Å². The van der Waals surface area contributed by atoms with E-state index < -0.39 is 0 Å². The third-order valence-corrected chi connectivity index (χ3v) is 7.36. The molecule has 0 spiro atoms. The first-order chi connectivity index (χ1) is 15.7. The van der Waals surface area contributed by atoms with Gasteiger partial charge in [-0.25, -0.2) is 0 Å². The molecule has 0 amide bonds. The summed E-state index contributed by atoms with van der Waals surface area (Å²) in [6.07, 6.45) is -0.187. The topological polar surface area (TPSA) is 83.1 Å². The fourth-order valence-corrected chi connectivity index (χ4v) is 5.73. The minimum absolute atomic E-state index is 0.0578. The first-order valence-electron chi connectivity index (χ1n) is 11.3. The van der Waals surface area contributed by atoms with Crippen LogP contribution >= 0.6 is 0 Å². The number of carbonyl (C=O) groups is 2. The highest BCUT2D eigenvalue weighted by atomic mass is 16.5. The third-order valence-electron chi connectivity index (χ3n) is 7.36. The Morgan fingerprint density at radius 3 is 2.09 bits per heavy atom. The number of ketones is 2. The molecule has 0 saturated carbocycles. The van der Waals surface area contributed by atoms with E-state index in [2.05, 4.69) is 20.4 Å². The summed E-state index contributed by atoms with van der Waals surface area (Å²) in [5, 5.41) is 7.39. The zero-order valence-corrected chi connectivity index (χ0v) is 17.6. The lowest BCUT2D eigenvalue weighted by Crippen LogP contribution is -2.42. The van der Waals surface area contributed by atoms with Crippen molar-refractivity contribution in [3.05, 3.63) is 57.6 Å². The lowest BCUT2D eigenvalue weighted by Gasteiger charge is -2.37. The number of nitrogens with zero attached hydrogens (tertiary/aromatic N) is 2. The van der Waals surface area contributed by atoms with Crippen molar-refractivity contribution in [2.75, 3.05) is 63.2 Å². The predicted octanol–water partition coefficient (Wildman–Crippen LogP) is 1.97. The first kappa shape index (κ1) is 18.8. The van der Waals surface area contributed by atoms with Crippen LogP contribution < -0.4 is 10.6 Å². The highest BCUT2D eigenvalue weighted by Crippen LogP contribution is 2.50. The molecule has 8 nitrogen and oxygen atoms in total. The largest absolute Gasteiger partial charge is 0.379 e. The zero-order valence-electron chi connectivity index (χ0n) is 17.6. The number of hydrogen-bond acceptors (Lipinski definition) is 8. The van der Waals surface area contributed by atoms with Gasteiger partial charge in [-0.15, -0.1) is 0 Å². The van der Waals surface area contributed by atoms with Crippen LogP contribution in [-0.4, -0.2) is 74.0 Å². The van der Waals surface area contributed by atoms with Crippen LogP contribution in [0.1, 0.15) is 55.3 Å². The van der Waals surface area contributed by atoms with Crippen molar-refractivity contribution in [2.24, 2.45) is 0 Å².